The van der Waals surface area contributed by atoms with Gasteiger partial charge >= 0.3 is 0 Å². The number of hydrogen-bond donors (Lipinski definition) is 2. The molecule has 0 saturated carbocycles. The van der Waals surface area contributed by atoms with E-state index in [1.165, 1.54) is 23.5 Å². The number of amides is 2. The second-order valence-corrected chi connectivity index (χ2v) is 6.80. The maximum atomic E-state index is 12.9. The number of thiazole rings is 1. The predicted octanol–water partition coefficient (Wildman–Crippen LogP) is 3.40. The summed E-state index contributed by atoms with van der Waals surface area (Å²) in [5.41, 5.74) is 1.76. The molecule has 1 aromatic heterocycles. The highest BCUT2D eigenvalue weighted by Crippen LogP contribution is 2.17. The van der Waals surface area contributed by atoms with Gasteiger partial charge in [0.05, 0.1) is 12.1 Å². The third-order valence-corrected chi connectivity index (χ3v) is 4.65. The van der Waals surface area contributed by atoms with E-state index in [0.717, 1.165) is 5.01 Å². The van der Waals surface area contributed by atoms with Crippen LogP contribution in [0.2, 0.25) is 0 Å². The van der Waals surface area contributed by atoms with Crippen molar-refractivity contribution in [1.82, 2.24) is 10.3 Å². The lowest BCUT2D eigenvalue weighted by molar-refractivity contribution is -0.115. The van der Waals surface area contributed by atoms with Gasteiger partial charge in [-0.15, -0.1) is 11.3 Å². The largest absolute Gasteiger partial charge is 0.486 e. The quantitative estimate of drug-likeness (QED) is 0.638. The minimum Gasteiger partial charge on any atom is -0.486 e. The van der Waals surface area contributed by atoms with E-state index < -0.39 is 0 Å². The average molecular weight is 399 g/mol. The lowest BCUT2D eigenvalue weighted by atomic mass is 10.2. The summed E-state index contributed by atoms with van der Waals surface area (Å²) in [4.78, 5) is 28.1. The van der Waals surface area contributed by atoms with Gasteiger partial charge in [0.1, 0.15) is 23.2 Å². The third kappa shape index (κ3) is 5.37. The van der Waals surface area contributed by atoms with Crippen LogP contribution in [0.5, 0.6) is 5.75 Å². The summed E-state index contributed by atoms with van der Waals surface area (Å²) in [6.45, 7) is 0.249. The predicted molar refractivity (Wildman–Crippen MR) is 105 cm³/mol. The molecule has 0 radical (unpaired) electrons. The van der Waals surface area contributed by atoms with Crippen molar-refractivity contribution in [1.29, 1.82) is 0 Å². The molecule has 2 N–H and O–H groups in total. The van der Waals surface area contributed by atoms with Crippen LogP contribution < -0.4 is 15.4 Å². The number of rotatable bonds is 7. The number of nitrogens with zero attached hydrogens (tertiary/aromatic N) is 1. The van der Waals surface area contributed by atoms with Crippen LogP contribution >= 0.6 is 11.3 Å². The van der Waals surface area contributed by atoms with Crippen molar-refractivity contribution in [2.24, 2.45) is 0 Å². The second kappa shape index (κ2) is 9.09. The van der Waals surface area contributed by atoms with Crippen LogP contribution in [0.1, 0.15) is 21.1 Å². The minimum atomic E-state index is -0.321. The zero-order chi connectivity index (χ0) is 19.9. The number of halogens is 1. The first-order chi connectivity index (χ1) is 13.5. The molecule has 144 valence electrons. The summed E-state index contributed by atoms with van der Waals surface area (Å²) >= 11 is 1.39. The Morgan fingerprint density at radius 3 is 2.50 bits per heavy atom. The number of hydrogen-bond acceptors (Lipinski definition) is 5. The molecule has 0 spiro atoms. The molecular weight excluding hydrogens is 381 g/mol. The van der Waals surface area contributed by atoms with Gasteiger partial charge in [0, 0.05) is 23.7 Å². The van der Waals surface area contributed by atoms with Crippen molar-refractivity contribution in [3.05, 3.63) is 76.0 Å². The Bertz CT molecular complexity index is 956. The summed E-state index contributed by atoms with van der Waals surface area (Å²) in [7, 11) is 1.56. The summed E-state index contributed by atoms with van der Waals surface area (Å²) in [6, 6.07) is 12.4. The SMILES string of the molecule is CNC(=O)c1ccc(NC(=O)Cc2csc(COc3ccc(F)cc3)n2)cc1. The maximum absolute atomic E-state index is 12.9. The smallest absolute Gasteiger partial charge is 0.251 e. The van der Waals surface area contributed by atoms with Crippen LogP contribution in [0.25, 0.3) is 0 Å². The molecule has 0 fully saturated rings. The normalized spacial score (nSPS) is 10.4. The van der Waals surface area contributed by atoms with Crippen molar-refractivity contribution in [3.8, 4) is 5.75 Å². The van der Waals surface area contributed by atoms with Gasteiger partial charge in [-0.05, 0) is 48.5 Å². The van der Waals surface area contributed by atoms with Crippen molar-refractivity contribution in [2.75, 3.05) is 12.4 Å². The minimum absolute atomic E-state index is 0.129. The first kappa shape index (κ1) is 19.5. The highest BCUT2D eigenvalue weighted by Gasteiger charge is 2.10. The van der Waals surface area contributed by atoms with Gasteiger partial charge in [0.15, 0.2) is 0 Å². The molecular formula is C20H18FN3O3S. The molecule has 0 aliphatic carbocycles. The molecule has 2 aromatic carbocycles. The fraction of sp³-hybridized carbons (Fsp3) is 0.150. The molecule has 0 aliphatic heterocycles. The number of ether oxygens (including phenoxy) is 1. The van der Waals surface area contributed by atoms with E-state index in [4.69, 9.17) is 4.74 Å². The Balaban J connectivity index is 1.50. The fourth-order valence-corrected chi connectivity index (χ4v) is 3.10. The second-order valence-electron chi connectivity index (χ2n) is 5.86. The fourth-order valence-electron chi connectivity index (χ4n) is 2.39. The Morgan fingerprint density at radius 2 is 1.82 bits per heavy atom. The Labute approximate surface area is 165 Å². The lowest BCUT2D eigenvalue weighted by Crippen LogP contribution is -2.18. The molecule has 0 aliphatic rings. The van der Waals surface area contributed by atoms with Crippen molar-refractivity contribution in [3.63, 3.8) is 0 Å². The van der Waals surface area contributed by atoms with Crippen LogP contribution in [0.3, 0.4) is 0 Å². The Morgan fingerprint density at radius 1 is 1.11 bits per heavy atom. The van der Waals surface area contributed by atoms with Gasteiger partial charge in [-0.3, -0.25) is 9.59 Å². The first-order valence-corrected chi connectivity index (χ1v) is 9.35. The first-order valence-electron chi connectivity index (χ1n) is 8.47. The molecule has 8 heteroatoms. The summed E-state index contributed by atoms with van der Waals surface area (Å²) < 4.78 is 18.4. The monoisotopic (exact) mass is 399 g/mol. The van der Waals surface area contributed by atoms with Gasteiger partial charge in [-0.2, -0.15) is 0 Å². The number of carbonyl (C=O) groups is 2. The van der Waals surface area contributed by atoms with E-state index in [2.05, 4.69) is 15.6 Å². The molecule has 0 atom stereocenters. The van der Waals surface area contributed by atoms with Crippen LogP contribution in [0.4, 0.5) is 10.1 Å². The van der Waals surface area contributed by atoms with Crippen molar-refractivity contribution >= 4 is 28.8 Å². The zero-order valence-corrected chi connectivity index (χ0v) is 15.9. The standard InChI is InChI=1S/C20H18FN3O3S/c1-22-20(26)13-2-6-15(7-3-13)23-18(25)10-16-12-28-19(24-16)11-27-17-8-4-14(21)5-9-17/h2-9,12H,10-11H2,1H3,(H,22,26)(H,23,25). The summed E-state index contributed by atoms with van der Waals surface area (Å²) in [5, 5.41) is 7.84. The third-order valence-electron chi connectivity index (χ3n) is 3.77. The summed E-state index contributed by atoms with van der Waals surface area (Å²) in [5.74, 6) is -0.158. The van der Waals surface area contributed by atoms with Crippen molar-refractivity contribution in [2.45, 2.75) is 13.0 Å². The molecule has 3 rings (SSSR count). The lowest BCUT2D eigenvalue weighted by Gasteiger charge is -2.05. The van der Waals surface area contributed by atoms with E-state index in [1.54, 1.807) is 48.8 Å². The highest BCUT2D eigenvalue weighted by atomic mass is 32.1. The molecule has 28 heavy (non-hydrogen) atoms. The Hall–Kier alpha value is -3.26. The number of aromatic nitrogens is 1. The van der Waals surface area contributed by atoms with Gasteiger partial charge < -0.3 is 15.4 Å². The topological polar surface area (TPSA) is 80.3 Å². The van der Waals surface area contributed by atoms with E-state index >= 15 is 0 Å². The van der Waals surface area contributed by atoms with Crippen LogP contribution in [0, 0.1) is 5.82 Å². The average Bonchev–Trinajstić information content (AvgIpc) is 3.14. The molecule has 1 heterocycles. The van der Waals surface area contributed by atoms with Crippen LogP contribution in [-0.4, -0.2) is 23.8 Å². The molecule has 0 bridgehead atoms. The number of benzene rings is 2. The van der Waals surface area contributed by atoms with E-state index in [9.17, 15) is 14.0 Å². The number of carbonyl (C=O) groups excluding carboxylic acids is 2. The van der Waals surface area contributed by atoms with E-state index in [-0.39, 0.29) is 30.7 Å². The molecule has 3 aromatic rings. The molecule has 0 saturated heterocycles. The number of nitrogens with one attached hydrogen (secondary N) is 2. The summed E-state index contributed by atoms with van der Waals surface area (Å²) in [6.07, 6.45) is 0.129. The van der Waals surface area contributed by atoms with E-state index in [0.29, 0.717) is 22.7 Å². The van der Waals surface area contributed by atoms with Gasteiger partial charge in [-0.25, -0.2) is 9.37 Å². The van der Waals surface area contributed by atoms with Gasteiger partial charge in [-0.1, -0.05) is 0 Å². The van der Waals surface area contributed by atoms with Gasteiger partial charge in [0.25, 0.3) is 5.91 Å². The van der Waals surface area contributed by atoms with E-state index in [1.807, 2.05) is 0 Å². The van der Waals surface area contributed by atoms with Crippen LogP contribution in [-0.2, 0) is 17.8 Å². The molecule has 2 amide bonds. The maximum Gasteiger partial charge on any atom is 0.251 e. The Kier molecular flexibility index (Phi) is 6.33. The zero-order valence-electron chi connectivity index (χ0n) is 15.1. The van der Waals surface area contributed by atoms with Crippen LogP contribution in [0.15, 0.2) is 53.9 Å². The van der Waals surface area contributed by atoms with Gasteiger partial charge in [0.2, 0.25) is 5.91 Å². The highest BCUT2D eigenvalue weighted by molar-refractivity contribution is 7.09. The molecule has 6 nitrogen and oxygen atoms in total. The molecule has 0 unspecified atom stereocenters. The van der Waals surface area contributed by atoms with Crippen molar-refractivity contribution < 1.29 is 18.7 Å². The number of anilines is 1.